The molecule has 1 heterocycles. The van der Waals surface area contributed by atoms with Crippen molar-refractivity contribution in [3.8, 4) is 6.07 Å². The Kier molecular flexibility index (Phi) is 4.21. The van der Waals surface area contributed by atoms with Crippen LogP contribution in [0.2, 0.25) is 0 Å². The molecule has 0 spiro atoms. The minimum absolute atomic E-state index is 0.0293. The van der Waals surface area contributed by atoms with Crippen LogP contribution in [0.25, 0.3) is 10.9 Å². The summed E-state index contributed by atoms with van der Waals surface area (Å²) >= 11 is 0. The van der Waals surface area contributed by atoms with Crippen molar-refractivity contribution in [2.24, 2.45) is 0 Å². The van der Waals surface area contributed by atoms with Crippen LogP contribution in [0.5, 0.6) is 0 Å². The molecule has 0 aliphatic rings. The topological polar surface area (TPSA) is 68.9 Å². The van der Waals surface area contributed by atoms with Gasteiger partial charge in [0.1, 0.15) is 6.07 Å². The molecule has 2 aromatic rings. The van der Waals surface area contributed by atoms with E-state index in [2.05, 4.69) is 16.4 Å². The second-order valence-corrected chi connectivity index (χ2v) is 4.95. The Hall–Kier alpha value is -2.12. The first-order chi connectivity index (χ1) is 9.69. The molecular formula is C16H19N3O. The molecule has 0 aliphatic heterocycles. The number of aliphatic hydroxyl groups is 1. The smallest absolute Gasteiger partial charge is 0.103 e. The van der Waals surface area contributed by atoms with Crippen molar-refractivity contribution in [3.63, 3.8) is 0 Å². The van der Waals surface area contributed by atoms with Gasteiger partial charge in [0.05, 0.1) is 28.9 Å². The summed E-state index contributed by atoms with van der Waals surface area (Å²) in [6, 6.07) is 9.88. The van der Waals surface area contributed by atoms with Crippen LogP contribution in [-0.4, -0.2) is 22.2 Å². The summed E-state index contributed by atoms with van der Waals surface area (Å²) in [5, 5.41) is 23.3. The molecule has 0 amide bonds. The molecule has 0 aliphatic carbocycles. The molecule has 0 atom stereocenters. The monoisotopic (exact) mass is 269 g/mol. The number of nitriles is 1. The van der Waals surface area contributed by atoms with E-state index in [9.17, 15) is 10.4 Å². The number of benzene rings is 1. The van der Waals surface area contributed by atoms with E-state index in [-0.39, 0.29) is 6.61 Å². The largest absolute Gasteiger partial charge is 0.394 e. The van der Waals surface area contributed by atoms with Crippen LogP contribution in [0.4, 0.5) is 5.69 Å². The highest BCUT2D eigenvalue weighted by Gasteiger charge is 2.26. The van der Waals surface area contributed by atoms with Gasteiger partial charge in [0, 0.05) is 11.6 Å². The predicted molar refractivity (Wildman–Crippen MR) is 80.5 cm³/mol. The molecule has 2 rings (SSSR count). The third-order valence-corrected chi connectivity index (χ3v) is 3.94. The summed E-state index contributed by atoms with van der Waals surface area (Å²) in [5.41, 5.74) is 1.70. The Labute approximate surface area is 119 Å². The normalized spacial score (nSPS) is 11.3. The Morgan fingerprint density at radius 3 is 2.60 bits per heavy atom. The van der Waals surface area contributed by atoms with Gasteiger partial charge in [-0.15, -0.1) is 0 Å². The first kappa shape index (κ1) is 14.3. The quantitative estimate of drug-likeness (QED) is 0.875. The third-order valence-electron chi connectivity index (χ3n) is 3.94. The summed E-state index contributed by atoms with van der Waals surface area (Å²) in [6.45, 7) is 4.09. The Balaban J connectivity index is 2.60. The number of fused-ring (bicyclic) bond motifs is 1. The van der Waals surface area contributed by atoms with Gasteiger partial charge in [-0.2, -0.15) is 5.26 Å². The van der Waals surface area contributed by atoms with Crippen molar-refractivity contribution >= 4 is 16.6 Å². The van der Waals surface area contributed by atoms with Crippen molar-refractivity contribution in [1.29, 1.82) is 5.26 Å². The van der Waals surface area contributed by atoms with Gasteiger partial charge in [0.2, 0.25) is 0 Å². The second-order valence-electron chi connectivity index (χ2n) is 4.95. The maximum absolute atomic E-state index is 9.71. The highest BCUT2D eigenvalue weighted by Crippen LogP contribution is 2.30. The van der Waals surface area contributed by atoms with Crippen LogP contribution >= 0.6 is 0 Å². The molecule has 0 saturated heterocycles. The fourth-order valence-corrected chi connectivity index (χ4v) is 2.32. The minimum atomic E-state index is -0.407. The van der Waals surface area contributed by atoms with Gasteiger partial charge < -0.3 is 10.4 Å². The van der Waals surface area contributed by atoms with Gasteiger partial charge in [-0.25, -0.2) is 0 Å². The summed E-state index contributed by atoms with van der Waals surface area (Å²) in [6.07, 6.45) is 3.14. The fraction of sp³-hybridized carbons (Fsp3) is 0.375. The molecule has 1 aromatic heterocycles. The van der Waals surface area contributed by atoms with Crippen molar-refractivity contribution in [1.82, 2.24) is 4.98 Å². The van der Waals surface area contributed by atoms with Crippen molar-refractivity contribution in [2.75, 3.05) is 11.9 Å². The molecule has 4 nitrogen and oxygen atoms in total. The number of nitrogens with zero attached hydrogens (tertiary/aromatic N) is 2. The van der Waals surface area contributed by atoms with Crippen molar-refractivity contribution < 1.29 is 5.11 Å². The number of rotatable bonds is 5. The SMILES string of the molecule is CCC(CC)(CO)Nc1c(C#N)cnc2ccccc12. The van der Waals surface area contributed by atoms with Crippen LogP contribution in [0.3, 0.4) is 0 Å². The molecule has 2 N–H and O–H groups in total. The third kappa shape index (κ3) is 2.45. The van der Waals surface area contributed by atoms with Crippen LogP contribution in [0.1, 0.15) is 32.3 Å². The number of nitrogens with one attached hydrogen (secondary N) is 1. The van der Waals surface area contributed by atoms with Crippen LogP contribution in [0, 0.1) is 11.3 Å². The lowest BCUT2D eigenvalue weighted by Gasteiger charge is -2.32. The molecule has 0 bridgehead atoms. The lowest BCUT2D eigenvalue weighted by molar-refractivity contribution is 0.202. The van der Waals surface area contributed by atoms with Gasteiger partial charge in [-0.1, -0.05) is 32.0 Å². The van der Waals surface area contributed by atoms with E-state index in [0.29, 0.717) is 5.56 Å². The van der Waals surface area contributed by atoms with E-state index in [0.717, 1.165) is 29.4 Å². The molecule has 4 heteroatoms. The average Bonchev–Trinajstić information content (AvgIpc) is 2.52. The van der Waals surface area contributed by atoms with E-state index in [4.69, 9.17) is 0 Å². The lowest BCUT2D eigenvalue weighted by Crippen LogP contribution is -2.41. The van der Waals surface area contributed by atoms with E-state index < -0.39 is 5.54 Å². The Morgan fingerprint density at radius 2 is 2.00 bits per heavy atom. The molecular weight excluding hydrogens is 250 g/mol. The zero-order chi connectivity index (χ0) is 14.6. The van der Waals surface area contributed by atoms with E-state index in [1.54, 1.807) is 6.20 Å². The molecule has 104 valence electrons. The van der Waals surface area contributed by atoms with Crippen LogP contribution < -0.4 is 5.32 Å². The van der Waals surface area contributed by atoms with E-state index in [1.807, 2.05) is 38.1 Å². The first-order valence-corrected chi connectivity index (χ1v) is 6.86. The van der Waals surface area contributed by atoms with Crippen molar-refractivity contribution in [2.45, 2.75) is 32.2 Å². The number of para-hydroxylation sites is 1. The Morgan fingerprint density at radius 1 is 1.30 bits per heavy atom. The predicted octanol–water partition coefficient (Wildman–Crippen LogP) is 3.07. The highest BCUT2D eigenvalue weighted by molar-refractivity contribution is 5.94. The van der Waals surface area contributed by atoms with Gasteiger partial charge in [-0.05, 0) is 18.9 Å². The zero-order valence-corrected chi connectivity index (χ0v) is 11.8. The van der Waals surface area contributed by atoms with E-state index >= 15 is 0 Å². The minimum Gasteiger partial charge on any atom is -0.394 e. The number of hydrogen-bond donors (Lipinski definition) is 2. The molecule has 0 fully saturated rings. The number of pyridine rings is 1. The van der Waals surface area contributed by atoms with Gasteiger partial charge in [0.15, 0.2) is 0 Å². The lowest BCUT2D eigenvalue weighted by atomic mass is 9.92. The number of hydrogen-bond acceptors (Lipinski definition) is 4. The summed E-state index contributed by atoms with van der Waals surface area (Å²) in [5.74, 6) is 0. The molecule has 0 radical (unpaired) electrons. The van der Waals surface area contributed by atoms with Gasteiger partial charge in [0.25, 0.3) is 0 Å². The number of anilines is 1. The maximum Gasteiger partial charge on any atom is 0.103 e. The van der Waals surface area contributed by atoms with E-state index in [1.165, 1.54) is 0 Å². The summed E-state index contributed by atoms with van der Waals surface area (Å²) in [4.78, 5) is 4.30. The first-order valence-electron chi connectivity index (χ1n) is 6.86. The summed E-state index contributed by atoms with van der Waals surface area (Å²) in [7, 11) is 0. The standard InChI is InChI=1S/C16H19N3O/c1-3-16(4-2,11-20)19-15-12(9-17)10-18-14-8-6-5-7-13(14)15/h5-8,10,20H,3-4,11H2,1-2H3,(H,18,19). The molecule has 0 unspecified atom stereocenters. The zero-order valence-electron chi connectivity index (χ0n) is 11.8. The Bertz CT molecular complexity index is 633. The molecule has 1 aromatic carbocycles. The second kappa shape index (κ2) is 5.89. The highest BCUT2D eigenvalue weighted by atomic mass is 16.3. The van der Waals surface area contributed by atoms with Crippen LogP contribution in [0.15, 0.2) is 30.5 Å². The fourth-order valence-electron chi connectivity index (χ4n) is 2.32. The van der Waals surface area contributed by atoms with Crippen LogP contribution in [-0.2, 0) is 0 Å². The molecule has 0 saturated carbocycles. The number of aromatic nitrogens is 1. The summed E-state index contributed by atoms with van der Waals surface area (Å²) < 4.78 is 0. The number of aliphatic hydroxyl groups excluding tert-OH is 1. The molecule has 20 heavy (non-hydrogen) atoms. The van der Waals surface area contributed by atoms with Gasteiger partial charge >= 0.3 is 0 Å². The van der Waals surface area contributed by atoms with Crippen molar-refractivity contribution in [3.05, 3.63) is 36.0 Å². The average molecular weight is 269 g/mol. The maximum atomic E-state index is 9.71. The van der Waals surface area contributed by atoms with Gasteiger partial charge in [-0.3, -0.25) is 4.98 Å².